The van der Waals surface area contributed by atoms with Crippen LogP contribution < -0.4 is 10.9 Å². The van der Waals surface area contributed by atoms with Crippen LogP contribution in [0.2, 0.25) is 5.02 Å². The Morgan fingerprint density at radius 1 is 1.56 bits per heavy atom. The highest BCUT2D eigenvalue weighted by Crippen LogP contribution is 2.24. The molecule has 0 aliphatic carbocycles. The number of nitrogens with one attached hydrogen (secondary N) is 1. The second kappa shape index (κ2) is 6.05. The zero-order valence-electron chi connectivity index (χ0n) is 11.2. The molecule has 0 unspecified atom stereocenters. The summed E-state index contributed by atoms with van der Waals surface area (Å²) in [6.07, 6.45) is 5.09. The quantitative estimate of drug-likeness (QED) is 0.808. The molecule has 0 saturated heterocycles. The van der Waals surface area contributed by atoms with Crippen LogP contribution in [0, 0.1) is 0 Å². The van der Waals surface area contributed by atoms with E-state index in [0.717, 1.165) is 12.8 Å². The van der Waals surface area contributed by atoms with E-state index >= 15 is 0 Å². The first-order chi connectivity index (χ1) is 8.47. The first kappa shape index (κ1) is 14.8. The van der Waals surface area contributed by atoms with Gasteiger partial charge in [-0.05, 0) is 19.8 Å². The number of hydrogen-bond donors (Lipinski definition) is 1. The molecule has 100 valence electrons. The summed E-state index contributed by atoms with van der Waals surface area (Å²) in [7, 11) is 0. The minimum Gasteiger partial charge on any atom is -0.377 e. The molecule has 0 aliphatic rings. The third kappa shape index (κ3) is 3.13. The Kier molecular flexibility index (Phi) is 4.96. The molecule has 0 radical (unpaired) electrons. The van der Waals surface area contributed by atoms with E-state index < -0.39 is 0 Å². The molecule has 0 atom stereocenters. The Labute approximate surface area is 113 Å². The normalized spacial score (nSPS) is 11.3. The molecule has 1 N–H and O–H groups in total. The van der Waals surface area contributed by atoms with Crippen molar-refractivity contribution >= 4 is 17.3 Å². The highest BCUT2D eigenvalue weighted by molar-refractivity contribution is 6.32. The molecule has 0 aliphatic heterocycles. The highest BCUT2D eigenvalue weighted by atomic mass is 35.5. The Morgan fingerprint density at radius 3 is 2.67 bits per heavy atom. The Morgan fingerprint density at radius 2 is 2.17 bits per heavy atom. The van der Waals surface area contributed by atoms with E-state index in [2.05, 4.69) is 37.8 Å². The van der Waals surface area contributed by atoms with Crippen LogP contribution in [0.5, 0.6) is 0 Å². The molecule has 0 bridgehead atoms. The maximum atomic E-state index is 11.9. The molecule has 4 nitrogen and oxygen atoms in total. The van der Waals surface area contributed by atoms with Crippen molar-refractivity contribution in [1.29, 1.82) is 0 Å². The van der Waals surface area contributed by atoms with Crippen molar-refractivity contribution in [3.63, 3.8) is 0 Å². The van der Waals surface area contributed by atoms with Gasteiger partial charge in [0.1, 0.15) is 5.02 Å². The second-order valence-electron chi connectivity index (χ2n) is 4.54. The zero-order valence-corrected chi connectivity index (χ0v) is 11.9. The van der Waals surface area contributed by atoms with Gasteiger partial charge in [0.15, 0.2) is 0 Å². The topological polar surface area (TPSA) is 46.9 Å². The Bertz CT molecular complexity index is 478. The summed E-state index contributed by atoms with van der Waals surface area (Å²) in [5.74, 6) is 0. The summed E-state index contributed by atoms with van der Waals surface area (Å²) in [6, 6.07) is 0. The summed E-state index contributed by atoms with van der Waals surface area (Å²) in [4.78, 5) is 11.9. The van der Waals surface area contributed by atoms with Gasteiger partial charge < -0.3 is 5.32 Å². The summed E-state index contributed by atoms with van der Waals surface area (Å²) >= 11 is 6.08. The lowest BCUT2D eigenvalue weighted by Gasteiger charge is -2.29. The number of hydrogen-bond acceptors (Lipinski definition) is 3. The summed E-state index contributed by atoms with van der Waals surface area (Å²) in [5, 5.41) is 7.55. The monoisotopic (exact) mass is 269 g/mol. The molecule has 0 amide bonds. The van der Waals surface area contributed by atoms with Gasteiger partial charge in [-0.15, -0.1) is 6.58 Å². The molecule has 5 heteroatoms. The largest absolute Gasteiger partial charge is 0.377 e. The lowest BCUT2D eigenvalue weighted by atomic mass is 9.95. The standard InChI is InChI=1S/C13H20ClN3O/c1-5-8-17-12(18)11(14)10(9-15-17)16-13(4,6-2)7-3/h5,9,16H,1,6-8H2,2-4H3. The van der Waals surface area contributed by atoms with Crippen LogP contribution in [0.25, 0.3) is 0 Å². The molecule has 0 fully saturated rings. The van der Waals surface area contributed by atoms with Gasteiger partial charge in [-0.3, -0.25) is 4.79 Å². The van der Waals surface area contributed by atoms with Gasteiger partial charge in [0.2, 0.25) is 0 Å². The van der Waals surface area contributed by atoms with Crippen LogP contribution in [0.3, 0.4) is 0 Å². The average Bonchev–Trinajstić information content (AvgIpc) is 2.38. The molecule has 0 spiro atoms. The third-order valence-corrected chi connectivity index (χ3v) is 3.65. The number of anilines is 1. The number of aromatic nitrogens is 2. The van der Waals surface area contributed by atoms with Crippen LogP contribution in [0.4, 0.5) is 5.69 Å². The van der Waals surface area contributed by atoms with Crippen molar-refractivity contribution < 1.29 is 0 Å². The first-order valence-electron chi connectivity index (χ1n) is 6.12. The van der Waals surface area contributed by atoms with Crippen molar-refractivity contribution in [3.8, 4) is 0 Å². The predicted octanol–water partition coefficient (Wildman–Crippen LogP) is 3.07. The fourth-order valence-corrected chi connectivity index (χ4v) is 1.75. The van der Waals surface area contributed by atoms with Gasteiger partial charge in [-0.1, -0.05) is 31.5 Å². The van der Waals surface area contributed by atoms with Gasteiger partial charge in [0.25, 0.3) is 5.56 Å². The van der Waals surface area contributed by atoms with Crippen molar-refractivity contribution in [2.75, 3.05) is 5.32 Å². The van der Waals surface area contributed by atoms with Crippen molar-refractivity contribution in [2.45, 2.75) is 45.7 Å². The second-order valence-corrected chi connectivity index (χ2v) is 4.92. The number of allylic oxidation sites excluding steroid dienone is 1. The van der Waals surface area contributed by atoms with E-state index in [1.807, 2.05) is 0 Å². The predicted molar refractivity (Wildman–Crippen MR) is 76.3 cm³/mol. The number of rotatable bonds is 6. The minimum absolute atomic E-state index is 0.0810. The van der Waals surface area contributed by atoms with Crippen LogP contribution in [-0.2, 0) is 6.54 Å². The fourth-order valence-electron chi connectivity index (χ4n) is 1.56. The maximum absolute atomic E-state index is 11.9. The zero-order chi connectivity index (χ0) is 13.8. The van der Waals surface area contributed by atoms with Gasteiger partial charge in [0.05, 0.1) is 18.4 Å². The molecule has 1 aromatic heterocycles. The van der Waals surface area contributed by atoms with Crippen LogP contribution in [0.15, 0.2) is 23.6 Å². The van der Waals surface area contributed by atoms with Crippen LogP contribution >= 0.6 is 11.6 Å². The Hall–Kier alpha value is -1.29. The molecule has 0 aromatic carbocycles. The van der Waals surface area contributed by atoms with Gasteiger partial charge in [-0.25, -0.2) is 4.68 Å². The molecule has 0 saturated carbocycles. The first-order valence-corrected chi connectivity index (χ1v) is 6.50. The van der Waals surface area contributed by atoms with Crippen molar-refractivity contribution in [1.82, 2.24) is 9.78 Å². The molecule has 1 heterocycles. The van der Waals surface area contributed by atoms with Gasteiger partial charge in [0, 0.05) is 5.54 Å². The van der Waals surface area contributed by atoms with E-state index in [4.69, 9.17) is 11.6 Å². The maximum Gasteiger partial charge on any atom is 0.287 e. The van der Waals surface area contributed by atoms with E-state index in [-0.39, 0.29) is 16.1 Å². The highest BCUT2D eigenvalue weighted by Gasteiger charge is 2.21. The van der Waals surface area contributed by atoms with Gasteiger partial charge >= 0.3 is 0 Å². The van der Waals surface area contributed by atoms with Crippen LogP contribution in [-0.4, -0.2) is 15.3 Å². The molecule has 18 heavy (non-hydrogen) atoms. The summed E-state index contributed by atoms with van der Waals surface area (Å²) in [6.45, 7) is 10.2. The SMILES string of the molecule is C=CCn1ncc(NC(C)(CC)CC)c(Cl)c1=O. The summed E-state index contributed by atoms with van der Waals surface area (Å²) in [5.41, 5.74) is 0.215. The molecule has 1 aromatic rings. The molecule has 1 rings (SSSR count). The van der Waals surface area contributed by atoms with Crippen molar-refractivity contribution in [2.24, 2.45) is 0 Å². The molecular formula is C13H20ClN3O. The number of nitrogens with zero attached hydrogens (tertiary/aromatic N) is 2. The lowest BCUT2D eigenvalue weighted by molar-refractivity contribution is 0.477. The summed E-state index contributed by atoms with van der Waals surface area (Å²) < 4.78 is 1.29. The third-order valence-electron chi connectivity index (χ3n) is 3.28. The fraction of sp³-hybridized carbons (Fsp3) is 0.538. The van der Waals surface area contributed by atoms with Crippen molar-refractivity contribution in [3.05, 3.63) is 34.2 Å². The smallest absolute Gasteiger partial charge is 0.287 e. The van der Waals surface area contributed by atoms with Crippen LogP contribution in [0.1, 0.15) is 33.6 Å². The van der Waals surface area contributed by atoms with E-state index in [1.165, 1.54) is 4.68 Å². The minimum atomic E-state index is -0.295. The van der Waals surface area contributed by atoms with E-state index in [0.29, 0.717) is 12.2 Å². The molecular weight excluding hydrogens is 250 g/mol. The number of halogens is 1. The van der Waals surface area contributed by atoms with Gasteiger partial charge in [-0.2, -0.15) is 5.10 Å². The Balaban J connectivity index is 3.09. The van der Waals surface area contributed by atoms with E-state index in [1.54, 1.807) is 12.3 Å². The van der Waals surface area contributed by atoms with E-state index in [9.17, 15) is 4.79 Å². The average molecular weight is 270 g/mol. The lowest BCUT2D eigenvalue weighted by Crippen LogP contribution is -2.34.